The highest BCUT2D eigenvalue weighted by Gasteiger charge is 2.46. The molecule has 0 atom stereocenters. The molecule has 1 aliphatic rings. The van der Waals surface area contributed by atoms with Crippen LogP contribution in [0.5, 0.6) is 0 Å². The second-order valence-electron chi connectivity index (χ2n) is 6.47. The summed E-state index contributed by atoms with van der Waals surface area (Å²) in [5.74, 6) is -1.55. The summed E-state index contributed by atoms with van der Waals surface area (Å²) >= 11 is 0. The molecule has 2 aromatic carbocycles. The third-order valence-corrected chi connectivity index (χ3v) is 6.42. The van der Waals surface area contributed by atoms with Gasteiger partial charge in [-0.25, -0.2) is 13.2 Å². The van der Waals surface area contributed by atoms with Crippen molar-refractivity contribution in [3.8, 4) is 0 Å². The molecular weight excluding hydrogens is 356 g/mol. The number of esters is 1. The Bertz CT molecular complexity index is 970. The van der Waals surface area contributed by atoms with Crippen LogP contribution < -0.4 is 11.1 Å². The fourth-order valence-corrected chi connectivity index (χ4v) is 4.72. The highest BCUT2D eigenvalue weighted by molar-refractivity contribution is 7.91. The maximum absolute atomic E-state index is 12.8. The summed E-state index contributed by atoms with van der Waals surface area (Å²) in [6.45, 7) is 0. The van der Waals surface area contributed by atoms with Crippen molar-refractivity contribution in [1.82, 2.24) is 5.32 Å². The van der Waals surface area contributed by atoms with E-state index in [1.165, 1.54) is 7.11 Å². The molecule has 1 aliphatic heterocycles. The molecule has 26 heavy (non-hydrogen) atoms. The van der Waals surface area contributed by atoms with Gasteiger partial charge in [0.1, 0.15) is 5.54 Å². The summed E-state index contributed by atoms with van der Waals surface area (Å²) in [6, 6.07) is 10.8. The van der Waals surface area contributed by atoms with Gasteiger partial charge >= 0.3 is 5.97 Å². The number of fused-ring (bicyclic) bond motifs is 1. The lowest BCUT2D eigenvalue weighted by atomic mass is 9.91. The molecule has 0 spiro atoms. The van der Waals surface area contributed by atoms with Crippen molar-refractivity contribution in [2.24, 2.45) is 0 Å². The summed E-state index contributed by atoms with van der Waals surface area (Å²) in [6.07, 6.45) is -0.0531. The molecule has 0 aliphatic carbocycles. The van der Waals surface area contributed by atoms with Crippen LogP contribution in [0.25, 0.3) is 10.8 Å². The van der Waals surface area contributed by atoms with Crippen LogP contribution in [0.1, 0.15) is 23.2 Å². The Labute approximate surface area is 151 Å². The van der Waals surface area contributed by atoms with Gasteiger partial charge in [0.25, 0.3) is 5.91 Å². The molecule has 0 bridgehead atoms. The minimum absolute atomic E-state index is 0.0266. The lowest BCUT2D eigenvalue weighted by molar-refractivity contribution is -0.148. The van der Waals surface area contributed by atoms with E-state index in [1.54, 1.807) is 12.1 Å². The zero-order valence-electron chi connectivity index (χ0n) is 14.3. The molecule has 0 aromatic heterocycles. The van der Waals surface area contributed by atoms with E-state index in [-0.39, 0.29) is 35.6 Å². The Morgan fingerprint density at radius 1 is 1.12 bits per heavy atom. The fraction of sp³-hybridized carbons (Fsp3) is 0.333. The topological polar surface area (TPSA) is 116 Å². The Morgan fingerprint density at radius 2 is 1.69 bits per heavy atom. The lowest BCUT2D eigenvalue weighted by Gasteiger charge is -2.35. The van der Waals surface area contributed by atoms with Crippen LogP contribution in [-0.4, -0.2) is 44.4 Å². The van der Waals surface area contributed by atoms with Gasteiger partial charge in [-0.3, -0.25) is 4.79 Å². The number of amides is 1. The van der Waals surface area contributed by atoms with Crippen molar-refractivity contribution in [2.45, 2.75) is 18.4 Å². The molecule has 3 N–H and O–H groups in total. The van der Waals surface area contributed by atoms with E-state index in [0.29, 0.717) is 0 Å². The number of nitrogen functional groups attached to an aromatic ring is 1. The number of ether oxygens (including phenoxy) is 1. The van der Waals surface area contributed by atoms with Gasteiger partial charge in [-0.15, -0.1) is 0 Å². The van der Waals surface area contributed by atoms with Gasteiger partial charge in [-0.1, -0.05) is 24.3 Å². The Kier molecular flexibility index (Phi) is 4.62. The second-order valence-corrected chi connectivity index (χ2v) is 8.77. The average Bonchev–Trinajstić information content (AvgIpc) is 2.62. The summed E-state index contributed by atoms with van der Waals surface area (Å²) in [5.41, 5.74) is 5.17. The van der Waals surface area contributed by atoms with Crippen molar-refractivity contribution in [2.75, 3.05) is 24.3 Å². The summed E-state index contributed by atoms with van der Waals surface area (Å²) in [4.78, 5) is 25.1. The second kappa shape index (κ2) is 6.60. The maximum atomic E-state index is 12.8. The predicted molar refractivity (Wildman–Crippen MR) is 98.5 cm³/mol. The SMILES string of the molecule is COC(=O)C1(NC(=O)c2cc3ccccc3cc2N)CCS(=O)(=O)CC1. The summed E-state index contributed by atoms with van der Waals surface area (Å²) in [7, 11) is -2.00. The third-order valence-electron chi connectivity index (χ3n) is 4.77. The number of hydrogen-bond donors (Lipinski definition) is 2. The first-order valence-electron chi connectivity index (χ1n) is 8.16. The summed E-state index contributed by atoms with van der Waals surface area (Å²) < 4.78 is 28.3. The normalized spacial score (nSPS) is 18.2. The minimum atomic E-state index is -3.22. The van der Waals surface area contributed by atoms with Crippen molar-refractivity contribution in [1.29, 1.82) is 0 Å². The maximum Gasteiger partial charge on any atom is 0.331 e. The number of methoxy groups -OCH3 is 1. The fourth-order valence-electron chi connectivity index (χ4n) is 3.20. The van der Waals surface area contributed by atoms with Crippen LogP contribution in [-0.2, 0) is 19.4 Å². The number of benzene rings is 2. The van der Waals surface area contributed by atoms with Crippen LogP contribution >= 0.6 is 0 Å². The standard InChI is InChI=1S/C18H20N2O5S/c1-25-17(22)18(6-8-26(23,24)9-7-18)20-16(21)14-10-12-4-2-3-5-13(12)11-15(14)19/h2-5,10-11H,6-9,19H2,1H3,(H,20,21). The van der Waals surface area contributed by atoms with Gasteiger partial charge in [0, 0.05) is 5.69 Å². The first-order valence-corrected chi connectivity index (χ1v) is 9.98. The van der Waals surface area contributed by atoms with Gasteiger partial charge in [0.2, 0.25) is 0 Å². The average molecular weight is 376 g/mol. The Morgan fingerprint density at radius 3 is 2.27 bits per heavy atom. The molecule has 2 aromatic rings. The van der Waals surface area contributed by atoms with E-state index in [2.05, 4.69) is 5.32 Å². The number of hydrogen-bond acceptors (Lipinski definition) is 6. The van der Waals surface area contributed by atoms with E-state index in [4.69, 9.17) is 10.5 Å². The van der Waals surface area contributed by atoms with E-state index >= 15 is 0 Å². The number of anilines is 1. The summed E-state index contributed by atoms with van der Waals surface area (Å²) in [5, 5.41) is 4.42. The Hall–Kier alpha value is -2.61. The van der Waals surface area contributed by atoms with E-state index < -0.39 is 27.3 Å². The van der Waals surface area contributed by atoms with Crippen molar-refractivity contribution in [3.05, 3.63) is 42.0 Å². The molecule has 0 radical (unpaired) electrons. The molecule has 1 saturated heterocycles. The molecule has 1 heterocycles. The van der Waals surface area contributed by atoms with Gasteiger partial charge < -0.3 is 15.8 Å². The number of rotatable bonds is 3. The molecule has 3 rings (SSSR count). The van der Waals surface area contributed by atoms with E-state index in [0.717, 1.165) is 10.8 Å². The van der Waals surface area contributed by atoms with Crippen LogP contribution in [0.15, 0.2) is 36.4 Å². The van der Waals surface area contributed by atoms with Gasteiger partial charge in [0.15, 0.2) is 9.84 Å². The zero-order chi connectivity index (χ0) is 18.9. The number of sulfone groups is 1. The van der Waals surface area contributed by atoms with Crippen molar-refractivity contribution in [3.63, 3.8) is 0 Å². The third kappa shape index (κ3) is 3.37. The molecule has 0 saturated carbocycles. The molecule has 7 nitrogen and oxygen atoms in total. The smallest absolute Gasteiger partial charge is 0.331 e. The Balaban J connectivity index is 1.94. The molecule has 0 unspecified atom stereocenters. The minimum Gasteiger partial charge on any atom is -0.467 e. The number of nitrogens with one attached hydrogen (secondary N) is 1. The highest BCUT2D eigenvalue weighted by Crippen LogP contribution is 2.28. The van der Waals surface area contributed by atoms with Gasteiger partial charge in [-0.05, 0) is 35.7 Å². The van der Waals surface area contributed by atoms with Crippen LogP contribution in [0.4, 0.5) is 5.69 Å². The van der Waals surface area contributed by atoms with E-state index in [9.17, 15) is 18.0 Å². The van der Waals surface area contributed by atoms with Gasteiger partial charge in [0.05, 0.1) is 24.2 Å². The monoisotopic (exact) mass is 376 g/mol. The number of nitrogens with two attached hydrogens (primary N) is 1. The highest BCUT2D eigenvalue weighted by atomic mass is 32.2. The van der Waals surface area contributed by atoms with Gasteiger partial charge in [-0.2, -0.15) is 0 Å². The number of carbonyl (C=O) groups excluding carboxylic acids is 2. The molecule has 138 valence electrons. The lowest BCUT2D eigenvalue weighted by Crippen LogP contribution is -2.59. The van der Waals surface area contributed by atoms with Crippen LogP contribution in [0.2, 0.25) is 0 Å². The quantitative estimate of drug-likeness (QED) is 0.616. The van der Waals surface area contributed by atoms with Crippen LogP contribution in [0.3, 0.4) is 0 Å². The first-order chi connectivity index (χ1) is 12.3. The molecule has 8 heteroatoms. The molecule has 1 fully saturated rings. The largest absolute Gasteiger partial charge is 0.467 e. The molecule has 1 amide bonds. The predicted octanol–water partition coefficient (Wildman–Crippen LogP) is 1.27. The van der Waals surface area contributed by atoms with Crippen molar-refractivity contribution < 1.29 is 22.7 Å². The zero-order valence-corrected chi connectivity index (χ0v) is 15.1. The van der Waals surface area contributed by atoms with E-state index in [1.807, 2.05) is 24.3 Å². The molecular formula is C18H20N2O5S. The van der Waals surface area contributed by atoms with Crippen molar-refractivity contribution >= 4 is 38.2 Å². The number of carbonyl (C=O) groups is 2. The van der Waals surface area contributed by atoms with Crippen LogP contribution in [0, 0.1) is 0 Å². The first kappa shape index (κ1) is 18.2.